The Balaban J connectivity index is 1.77. The number of nitrogens with one attached hydrogen (secondary N) is 3. The molecule has 35 heavy (non-hydrogen) atoms. The van der Waals surface area contributed by atoms with E-state index < -0.39 is 39.7 Å². The third kappa shape index (κ3) is 7.69. The first-order chi connectivity index (χ1) is 16.7. The predicted molar refractivity (Wildman–Crippen MR) is 131 cm³/mol. The molecule has 2 heterocycles. The molecular weight excluding hydrogens is 468 g/mol. The number of carbonyl (C=O) groups excluding carboxylic acids is 3. The number of benzene rings is 1. The minimum absolute atomic E-state index is 0.000640. The second-order valence-corrected chi connectivity index (χ2v) is 10.9. The summed E-state index contributed by atoms with van der Waals surface area (Å²) in [7, 11) is -3.96. The molecule has 0 aliphatic carbocycles. The van der Waals surface area contributed by atoms with Crippen molar-refractivity contribution >= 4 is 27.6 Å². The van der Waals surface area contributed by atoms with Crippen LogP contribution in [0.15, 0.2) is 53.7 Å². The van der Waals surface area contributed by atoms with Crippen molar-refractivity contribution in [2.45, 2.75) is 62.9 Å². The van der Waals surface area contributed by atoms with Gasteiger partial charge < -0.3 is 10.6 Å². The van der Waals surface area contributed by atoms with Gasteiger partial charge in [-0.25, -0.2) is 8.42 Å². The molecule has 9 nitrogen and oxygen atoms in total. The molecule has 188 valence electrons. The Morgan fingerprint density at radius 3 is 2.49 bits per heavy atom. The van der Waals surface area contributed by atoms with E-state index in [1.54, 1.807) is 30.6 Å². The molecule has 0 saturated carbocycles. The summed E-state index contributed by atoms with van der Waals surface area (Å²) in [6.45, 7) is 4.00. The highest BCUT2D eigenvalue weighted by molar-refractivity contribution is 7.89. The van der Waals surface area contributed by atoms with E-state index in [2.05, 4.69) is 20.3 Å². The Bertz CT molecular complexity index is 1150. The number of nitrogens with zero attached hydrogens (tertiary/aromatic N) is 1. The first kappa shape index (κ1) is 26.5. The standard InChI is InChI=1S/C25H32N4O5S/c1-17(2)13-22(29-35(33,34)20-8-4-3-5-9-20)24(31)28-21-10-6-7-18-14-19(16-26-15-18)11-12-27-25(32)23(21)30/h3-5,8-9,14-17,21-22,29H,6-7,10-13H2,1-2H3,(H,27,32)(H,28,31). The SMILES string of the molecule is CC(C)CC(NS(=O)(=O)c1ccccc1)C(=O)NC1CCCc2cncc(c2)CCNC(=O)C1=O. The molecule has 1 aromatic heterocycles. The van der Waals surface area contributed by atoms with Crippen LogP contribution >= 0.6 is 0 Å². The Morgan fingerprint density at radius 1 is 1.11 bits per heavy atom. The number of amides is 2. The van der Waals surface area contributed by atoms with Crippen LogP contribution in [0, 0.1) is 5.92 Å². The van der Waals surface area contributed by atoms with Gasteiger partial charge in [-0.05, 0) is 61.3 Å². The Labute approximate surface area is 206 Å². The normalized spacial score (nSPS) is 18.2. The van der Waals surface area contributed by atoms with E-state index in [0.717, 1.165) is 11.1 Å². The van der Waals surface area contributed by atoms with Crippen molar-refractivity contribution in [1.29, 1.82) is 0 Å². The smallest absolute Gasteiger partial charge is 0.289 e. The first-order valence-electron chi connectivity index (χ1n) is 11.8. The highest BCUT2D eigenvalue weighted by Gasteiger charge is 2.32. The van der Waals surface area contributed by atoms with E-state index in [1.807, 2.05) is 19.9 Å². The molecule has 0 radical (unpaired) electrons. The molecule has 2 aromatic rings. The van der Waals surface area contributed by atoms with Crippen molar-refractivity contribution in [3.63, 3.8) is 0 Å². The molecule has 1 aromatic carbocycles. The van der Waals surface area contributed by atoms with E-state index in [4.69, 9.17) is 0 Å². The molecular formula is C25H32N4O5S. The second-order valence-electron chi connectivity index (χ2n) is 9.14. The monoisotopic (exact) mass is 500 g/mol. The second kappa shape index (κ2) is 12.0. The summed E-state index contributed by atoms with van der Waals surface area (Å²) in [6, 6.07) is 7.64. The molecule has 1 aliphatic rings. The minimum Gasteiger partial charge on any atom is -0.349 e. The van der Waals surface area contributed by atoms with Gasteiger partial charge in [-0.1, -0.05) is 38.1 Å². The van der Waals surface area contributed by atoms with Crippen LogP contribution in [0.1, 0.15) is 44.2 Å². The number of rotatable bonds is 7. The first-order valence-corrected chi connectivity index (χ1v) is 13.3. The van der Waals surface area contributed by atoms with Gasteiger partial charge in [-0.3, -0.25) is 19.4 Å². The molecule has 3 N–H and O–H groups in total. The lowest BCUT2D eigenvalue weighted by atomic mass is 9.99. The number of fused-ring (bicyclic) bond motifs is 2. The Morgan fingerprint density at radius 2 is 1.80 bits per heavy atom. The zero-order valence-corrected chi connectivity index (χ0v) is 20.8. The van der Waals surface area contributed by atoms with Gasteiger partial charge in [0.25, 0.3) is 5.91 Å². The van der Waals surface area contributed by atoms with Gasteiger partial charge in [0.1, 0.15) is 6.04 Å². The number of ketones is 1. The number of Topliss-reactive ketones (excluding diaryl/α,β-unsaturated/α-hetero) is 1. The van der Waals surface area contributed by atoms with Crippen molar-refractivity contribution < 1.29 is 22.8 Å². The van der Waals surface area contributed by atoms with Crippen LogP contribution in [0.4, 0.5) is 0 Å². The zero-order valence-electron chi connectivity index (χ0n) is 20.0. The molecule has 2 unspecified atom stereocenters. The zero-order chi connectivity index (χ0) is 25.4. The number of sulfonamides is 1. The summed E-state index contributed by atoms with van der Waals surface area (Å²) in [5.41, 5.74) is 1.99. The lowest BCUT2D eigenvalue weighted by Crippen LogP contribution is -2.54. The van der Waals surface area contributed by atoms with Crippen molar-refractivity contribution in [2.24, 2.45) is 5.92 Å². The summed E-state index contributed by atoms with van der Waals surface area (Å²) < 4.78 is 28.2. The summed E-state index contributed by atoms with van der Waals surface area (Å²) >= 11 is 0. The fourth-order valence-corrected chi connectivity index (χ4v) is 5.20. The van der Waals surface area contributed by atoms with Crippen LogP contribution in [0.3, 0.4) is 0 Å². The van der Waals surface area contributed by atoms with Crippen LogP contribution in [-0.4, -0.2) is 49.6 Å². The molecule has 2 atom stereocenters. The Hall–Kier alpha value is -3.11. The van der Waals surface area contributed by atoms with Crippen LogP contribution in [0.25, 0.3) is 0 Å². The van der Waals surface area contributed by atoms with Gasteiger partial charge in [0, 0.05) is 18.9 Å². The van der Waals surface area contributed by atoms with Crippen LogP contribution in [-0.2, 0) is 37.2 Å². The van der Waals surface area contributed by atoms with E-state index in [-0.39, 0.29) is 30.2 Å². The molecule has 10 heteroatoms. The van der Waals surface area contributed by atoms with Gasteiger partial charge in [0.15, 0.2) is 0 Å². The summed E-state index contributed by atoms with van der Waals surface area (Å²) in [5, 5.41) is 5.25. The molecule has 1 aliphatic heterocycles. The topological polar surface area (TPSA) is 134 Å². The van der Waals surface area contributed by atoms with E-state index in [1.165, 1.54) is 12.1 Å². The summed E-state index contributed by atoms with van der Waals surface area (Å²) in [6.07, 6.45) is 5.68. The lowest BCUT2D eigenvalue weighted by Gasteiger charge is -2.24. The maximum Gasteiger partial charge on any atom is 0.289 e. The van der Waals surface area contributed by atoms with Gasteiger partial charge in [0.2, 0.25) is 21.7 Å². The molecule has 2 bridgehead atoms. The van der Waals surface area contributed by atoms with Crippen LogP contribution in [0.5, 0.6) is 0 Å². The predicted octanol–water partition coefficient (Wildman–Crippen LogP) is 1.52. The van der Waals surface area contributed by atoms with E-state index in [0.29, 0.717) is 19.3 Å². The van der Waals surface area contributed by atoms with Gasteiger partial charge in [0.05, 0.1) is 10.9 Å². The molecule has 0 spiro atoms. The van der Waals surface area contributed by atoms with Crippen molar-refractivity contribution in [3.8, 4) is 0 Å². The van der Waals surface area contributed by atoms with Crippen molar-refractivity contribution in [1.82, 2.24) is 20.3 Å². The molecule has 3 rings (SSSR count). The minimum atomic E-state index is -3.96. The van der Waals surface area contributed by atoms with Crippen LogP contribution in [0.2, 0.25) is 0 Å². The fourth-order valence-electron chi connectivity index (χ4n) is 3.97. The van der Waals surface area contributed by atoms with Gasteiger partial charge in [-0.2, -0.15) is 4.72 Å². The number of aryl methyl sites for hydroxylation is 1. The van der Waals surface area contributed by atoms with E-state index in [9.17, 15) is 22.8 Å². The van der Waals surface area contributed by atoms with Crippen molar-refractivity contribution in [3.05, 3.63) is 59.9 Å². The van der Waals surface area contributed by atoms with Gasteiger partial charge in [-0.15, -0.1) is 0 Å². The number of aromatic nitrogens is 1. The highest BCUT2D eigenvalue weighted by atomic mass is 32.2. The number of pyridine rings is 1. The number of hydrogen-bond donors (Lipinski definition) is 3. The maximum absolute atomic E-state index is 13.2. The molecule has 0 fully saturated rings. The largest absolute Gasteiger partial charge is 0.349 e. The third-order valence-corrected chi connectivity index (χ3v) is 7.23. The number of carbonyl (C=O) groups is 3. The number of hydrogen-bond acceptors (Lipinski definition) is 6. The summed E-state index contributed by atoms with van der Waals surface area (Å²) in [5.74, 6) is -2.15. The highest BCUT2D eigenvalue weighted by Crippen LogP contribution is 2.14. The Kier molecular flexibility index (Phi) is 9.11. The third-order valence-electron chi connectivity index (χ3n) is 5.74. The molecule has 0 saturated heterocycles. The van der Waals surface area contributed by atoms with E-state index >= 15 is 0 Å². The van der Waals surface area contributed by atoms with Crippen molar-refractivity contribution in [2.75, 3.05) is 6.54 Å². The quantitative estimate of drug-likeness (QED) is 0.494. The fraction of sp³-hybridized carbons (Fsp3) is 0.440. The molecule has 2 amide bonds. The van der Waals surface area contributed by atoms with Gasteiger partial charge >= 0.3 is 0 Å². The average Bonchev–Trinajstić information content (AvgIpc) is 2.82. The summed E-state index contributed by atoms with van der Waals surface area (Å²) in [4.78, 5) is 42.8. The lowest BCUT2D eigenvalue weighted by molar-refractivity contribution is -0.140. The van der Waals surface area contributed by atoms with Crippen LogP contribution < -0.4 is 15.4 Å². The maximum atomic E-state index is 13.2. The average molecular weight is 501 g/mol.